The van der Waals surface area contributed by atoms with E-state index in [0.29, 0.717) is 64.9 Å². The SMILES string of the molecule is C.C.C.CC1C(=O)OC(=O)C1CC(C)(C)C.CCCC[Si](C)(C)O[Si](C)(C)CCCN1C(=O)C(CC(C)(C)C2C(=O)N(CCN(C)C)C(=O)C2CC(C)(C)C2C(=O)N(C(C)COCCOC)C(=O)C2CC(C)(C)C)C(C(C)(C)CC(C(=O)O)C(C)C(=O)OCC)C1=O.CCCC[Si](C)(C)O[Si](C)(C)NCCC.CCO.CN(C)CCCN.COCCOCC(C)N. The molecule has 0 aromatic carbocycles. The lowest BCUT2D eigenvalue weighted by Gasteiger charge is -2.42. The normalized spacial score (nSPS) is 20.6. The number of imide groups is 3. The number of carbonyl (C=O) groups is 10. The van der Waals surface area contributed by atoms with E-state index in [-0.39, 0.29) is 127 Å². The maximum absolute atomic E-state index is 15.2. The summed E-state index contributed by atoms with van der Waals surface area (Å²) < 4.78 is 43.9. The van der Waals surface area contributed by atoms with Gasteiger partial charge in [-0.2, -0.15) is 0 Å². The molecule has 6 amide bonds. The lowest BCUT2D eigenvalue weighted by molar-refractivity contribution is -0.158. The predicted molar refractivity (Wildman–Crippen MR) is 522 cm³/mol. The van der Waals surface area contributed by atoms with Crippen LogP contribution in [0.2, 0.25) is 70.5 Å². The maximum atomic E-state index is 15.2. The number of carboxylic acids is 1. The summed E-state index contributed by atoms with van der Waals surface area (Å²) in [7, 11) is 3.82. The Morgan fingerprint density at radius 2 is 0.937 bits per heavy atom. The van der Waals surface area contributed by atoms with Crippen LogP contribution in [0, 0.1) is 86.3 Å². The second kappa shape index (κ2) is 60.9. The fourth-order valence-corrected chi connectivity index (χ4v) is 34.5. The second-order valence-corrected chi connectivity index (χ2v) is 59.0. The fourth-order valence-electron chi connectivity index (χ4n) is 17.2. The van der Waals surface area contributed by atoms with E-state index in [2.05, 4.69) is 123 Å². The Morgan fingerprint density at radius 3 is 1.31 bits per heavy atom. The molecule has 4 rings (SSSR count). The third kappa shape index (κ3) is 47.5. The van der Waals surface area contributed by atoms with Crippen LogP contribution in [0.5, 0.6) is 0 Å². The smallest absolute Gasteiger partial charge is 0.317 e. The van der Waals surface area contributed by atoms with Crippen molar-refractivity contribution in [2.24, 2.45) is 97.7 Å². The summed E-state index contributed by atoms with van der Waals surface area (Å²) in [6, 6.07) is 2.61. The van der Waals surface area contributed by atoms with Crippen LogP contribution in [-0.2, 0) is 84.6 Å². The molecule has 126 heavy (non-hydrogen) atoms. The highest BCUT2D eigenvalue weighted by atomic mass is 28.4. The molecule has 12 unspecified atom stereocenters. The van der Waals surface area contributed by atoms with Crippen molar-refractivity contribution in [3.63, 3.8) is 0 Å². The van der Waals surface area contributed by atoms with Crippen molar-refractivity contribution < 1.29 is 94.8 Å². The first-order valence-corrected chi connectivity index (χ1v) is 58.1. The molecule has 4 aliphatic heterocycles. The zero-order chi connectivity index (χ0) is 96.0. The number of hydrogen-bond donors (Lipinski definition) is 5. The third-order valence-corrected chi connectivity index (χ3v) is 37.4. The number of aliphatic hydroxyl groups excluding tert-OH is 1. The minimum Gasteiger partial charge on any atom is -0.481 e. The number of likely N-dealkylation sites (N-methyl/N-ethyl adjacent to an activating group) is 1. The second-order valence-electron chi connectivity index (χ2n) is 41.9. The average Bonchev–Trinajstić information content (AvgIpc) is 1.56. The van der Waals surface area contributed by atoms with Crippen LogP contribution < -0.4 is 16.4 Å². The van der Waals surface area contributed by atoms with Crippen LogP contribution in [0.4, 0.5) is 0 Å². The number of nitrogens with one attached hydrogen (secondary N) is 1. The van der Waals surface area contributed by atoms with Crippen molar-refractivity contribution in [3.8, 4) is 0 Å². The number of ether oxygens (including phenoxy) is 6. The minimum absolute atomic E-state index is 0. The quantitative estimate of drug-likeness (QED) is 0.0124. The number of methoxy groups -OCH3 is 2. The van der Waals surface area contributed by atoms with Crippen molar-refractivity contribution in [1.82, 2.24) is 29.5 Å². The van der Waals surface area contributed by atoms with Crippen LogP contribution in [0.25, 0.3) is 0 Å². The first-order chi connectivity index (χ1) is 56.4. The largest absolute Gasteiger partial charge is 0.481 e. The van der Waals surface area contributed by atoms with Crippen LogP contribution >= 0.6 is 0 Å². The summed E-state index contributed by atoms with van der Waals surface area (Å²) in [6.07, 6.45) is 8.63. The van der Waals surface area contributed by atoms with Crippen molar-refractivity contribution in [3.05, 3.63) is 0 Å². The third-order valence-electron chi connectivity index (χ3n) is 22.9. The zero-order valence-corrected chi connectivity index (χ0v) is 88.1. The number of nitrogens with two attached hydrogens (primary N) is 2. The average molecular weight is 1870 g/mol. The van der Waals surface area contributed by atoms with Crippen LogP contribution in [-0.4, -0.2) is 274 Å². The highest BCUT2D eigenvalue weighted by Gasteiger charge is 2.63. The van der Waals surface area contributed by atoms with Crippen LogP contribution in [0.1, 0.15) is 245 Å². The molecule has 4 heterocycles. The van der Waals surface area contributed by atoms with E-state index in [0.717, 1.165) is 44.9 Å². The monoisotopic (exact) mass is 1870 g/mol. The van der Waals surface area contributed by atoms with Gasteiger partial charge in [0, 0.05) is 46.5 Å². The maximum Gasteiger partial charge on any atom is 0.317 e. The molecular weight excluding hydrogens is 1670 g/mol. The number of cyclic esters (lactones) is 2. The summed E-state index contributed by atoms with van der Waals surface area (Å²) in [6.45, 7) is 64.9. The minimum atomic E-state index is -2.24. The molecule has 0 aromatic heterocycles. The number of amides is 6. The van der Waals surface area contributed by atoms with Crippen LogP contribution in [0.15, 0.2) is 0 Å². The summed E-state index contributed by atoms with van der Waals surface area (Å²) >= 11 is 0. The number of carboxylic acid groups (broad SMARTS) is 1. The fraction of sp³-hybridized carbons (Fsp3) is 0.894. The predicted octanol–water partition coefficient (Wildman–Crippen LogP) is 15.9. The number of nitrogens with zero attached hydrogens (tertiary/aromatic N) is 5. The number of aliphatic carboxylic acids is 1. The molecule has 0 radical (unpaired) electrons. The van der Waals surface area contributed by atoms with E-state index in [1.165, 1.54) is 46.9 Å². The molecule has 746 valence electrons. The van der Waals surface area contributed by atoms with Gasteiger partial charge in [0.05, 0.1) is 111 Å². The van der Waals surface area contributed by atoms with Gasteiger partial charge in [-0.15, -0.1) is 0 Å². The van der Waals surface area contributed by atoms with Gasteiger partial charge in [0.1, 0.15) is 0 Å². The summed E-state index contributed by atoms with van der Waals surface area (Å²) in [5.41, 5.74) is 7.07. The number of carbonyl (C=O) groups excluding carboxylic acids is 9. The number of aliphatic hydroxyl groups is 1. The molecule has 0 spiro atoms. The molecule has 4 saturated heterocycles. The Labute approximate surface area is 772 Å². The molecule has 7 N–H and O–H groups in total. The molecule has 0 aromatic rings. The number of rotatable bonds is 49. The van der Waals surface area contributed by atoms with Crippen molar-refractivity contribution in [1.29, 1.82) is 0 Å². The lowest BCUT2D eigenvalue weighted by Crippen LogP contribution is -2.54. The Morgan fingerprint density at radius 1 is 0.532 bits per heavy atom. The van der Waals surface area contributed by atoms with Crippen LogP contribution in [0.3, 0.4) is 0 Å². The summed E-state index contributed by atoms with van der Waals surface area (Å²) in [4.78, 5) is 150. The standard InChI is InChI=1S/C57H102N4O13Si2.C11H29NOSi2.C10H16O3.C6H15NO2.C5H14N2.C2H6O.3CH4/c1-21-23-30-75(17,18)74-76(19,20)31-24-25-59-46(62)41(43(49(59)65)55(8,9)33-39(52(68)69)38(4)53(70)73-22-2)34-56(10,11)44-42(47(63)60(50(44)66)27-26-58(14)15)35-57(12,13)45-40(32-54(5,6)7)48(64)61(51(45)67)37(3)36-72-29-28-71-16;1-7-9-11-14(3,4)13-15(5,6)12-10-8-2;1-6-7(5-10(2,3)4)9(12)13-8(6)11;1-6(7)5-9-4-3-8-2;1-7(2)5-3-4-6;1-2-3;;;/h37-45H,21-36H2,1-20H3,(H,68,69);12H,7-11H2,1-6H3;6-7H,5H2,1-4H3;6H,3-5,7H2,1-2H3;3-6H2,1-2H3;3H,2H2,1H3;3*1H4. The number of likely N-dealkylation sites (tertiary alicyclic amines) is 3. The first kappa shape index (κ1) is 130. The van der Waals surface area contributed by atoms with E-state index < -0.39 is 139 Å². The van der Waals surface area contributed by atoms with Gasteiger partial charge in [0.15, 0.2) is 25.0 Å². The van der Waals surface area contributed by atoms with Crippen molar-refractivity contribution in [2.75, 3.05) is 135 Å². The Hall–Kier alpha value is -4.11. The summed E-state index contributed by atoms with van der Waals surface area (Å²) in [5, 5.41) is 18.2. The number of esters is 3. The van der Waals surface area contributed by atoms with Gasteiger partial charge < -0.3 is 73.1 Å². The van der Waals surface area contributed by atoms with Crippen molar-refractivity contribution >= 4 is 92.8 Å². The van der Waals surface area contributed by atoms with Gasteiger partial charge in [-0.3, -0.25) is 62.6 Å². The van der Waals surface area contributed by atoms with Gasteiger partial charge in [-0.25, -0.2) is 0 Å². The Bertz CT molecular complexity index is 3150. The molecule has 4 aliphatic rings. The van der Waals surface area contributed by atoms with Crippen molar-refractivity contribution in [2.45, 2.75) is 327 Å². The molecule has 28 nitrogen and oxygen atoms in total. The summed E-state index contributed by atoms with van der Waals surface area (Å²) in [5.74, 6) is -13.3. The molecule has 12 atom stereocenters. The van der Waals surface area contributed by atoms with E-state index in [1.807, 2.05) is 74.4 Å². The van der Waals surface area contributed by atoms with Gasteiger partial charge in [0.25, 0.3) is 8.48 Å². The van der Waals surface area contributed by atoms with Gasteiger partial charge in [-0.05, 0) is 224 Å². The molecular formula is C94H194N8O20Si4. The van der Waals surface area contributed by atoms with E-state index >= 15 is 19.2 Å². The number of unbranched alkanes of at least 4 members (excludes halogenated alkanes) is 2. The number of hydrogen-bond acceptors (Lipinski definition) is 24. The van der Waals surface area contributed by atoms with E-state index in [4.69, 9.17) is 48.5 Å². The molecule has 4 fully saturated rings. The van der Waals surface area contributed by atoms with Gasteiger partial charge >= 0.3 is 23.9 Å². The van der Waals surface area contributed by atoms with Gasteiger partial charge in [0.2, 0.25) is 35.4 Å². The topological polar surface area (TPSA) is 365 Å². The Kier molecular flexibility index (Phi) is 63.0. The van der Waals surface area contributed by atoms with E-state index in [1.54, 1.807) is 55.8 Å². The molecule has 0 saturated carbocycles. The highest BCUT2D eigenvalue weighted by molar-refractivity contribution is 6.85. The Balaban J connectivity index is -0.000000781. The molecule has 32 heteroatoms. The first-order valence-electron chi connectivity index (χ1n) is 45.8. The molecule has 0 aliphatic carbocycles. The van der Waals surface area contributed by atoms with E-state index in [9.17, 15) is 33.9 Å². The van der Waals surface area contributed by atoms with Gasteiger partial charge in [-0.1, -0.05) is 166 Å². The highest BCUT2D eigenvalue weighted by Crippen LogP contribution is 2.56. The lowest BCUT2D eigenvalue weighted by atomic mass is 9.59. The molecule has 0 bridgehead atoms. The zero-order valence-electron chi connectivity index (χ0n) is 84.1.